The van der Waals surface area contributed by atoms with Gasteiger partial charge in [0.2, 0.25) is 0 Å². The van der Waals surface area contributed by atoms with E-state index in [9.17, 15) is 9.90 Å². The van der Waals surface area contributed by atoms with Gasteiger partial charge in [0.25, 0.3) is 5.91 Å². The van der Waals surface area contributed by atoms with E-state index < -0.39 is 0 Å². The topological polar surface area (TPSA) is 56.3 Å². The smallest absolute Gasteiger partial charge is 0.254 e. The Morgan fingerprint density at radius 2 is 1.91 bits per heavy atom. The number of H-pyrrole nitrogens is 1. The SMILES string of the molecule is O=C(c1ccc2cc[nH]c2c1)N(CCO)Cc1ccccc1. The maximum atomic E-state index is 12.7. The molecule has 112 valence electrons. The number of aliphatic hydroxyl groups is 1. The molecule has 0 saturated heterocycles. The third-order valence-electron chi connectivity index (χ3n) is 3.68. The Morgan fingerprint density at radius 3 is 2.68 bits per heavy atom. The number of hydrogen-bond donors (Lipinski definition) is 2. The van der Waals surface area contributed by atoms with Gasteiger partial charge >= 0.3 is 0 Å². The number of nitrogens with zero attached hydrogens (tertiary/aromatic N) is 1. The molecule has 2 N–H and O–H groups in total. The Hall–Kier alpha value is -2.59. The predicted molar refractivity (Wildman–Crippen MR) is 86.6 cm³/mol. The van der Waals surface area contributed by atoms with E-state index in [4.69, 9.17) is 0 Å². The van der Waals surface area contributed by atoms with E-state index in [1.807, 2.05) is 60.8 Å². The number of carbonyl (C=O) groups is 1. The van der Waals surface area contributed by atoms with Crippen molar-refractivity contribution in [2.24, 2.45) is 0 Å². The average Bonchev–Trinajstić information content (AvgIpc) is 3.02. The number of aromatic amines is 1. The highest BCUT2D eigenvalue weighted by Gasteiger charge is 2.16. The summed E-state index contributed by atoms with van der Waals surface area (Å²) < 4.78 is 0. The first kappa shape index (κ1) is 14.4. The molecule has 1 aromatic heterocycles. The van der Waals surface area contributed by atoms with Gasteiger partial charge in [0, 0.05) is 30.4 Å². The third-order valence-corrected chi connectivity index (χ3v) is 3.68. The minimum absolute atomic E-state index is 0.0523. The van der Waals surface area contributed by atoms with E-state index >= 15 is 0 Å². The molecule has 0 fully saturated rings. The van der Waals surface area contributed by atoms with Crippen molar-refractivity contribution >= 4 is 16.8 Å². The average molecular weight is 294 g/mol. The molecule has 3 rings (SSSR count). The van der Waals surface area contributed by atoms with Crippen LogP contribution in [0.25, 0.3) is 10.9 Å². The second-order valence-electron chi connectivity index (χ2n) is 5.22. The molecule has 0 radical (unpaired) electrons. The molecule has 0 unspecified atom stereocenters. The number of carbonyl (C=O) groups excluding carboxylic acids is 1. The summed E-state index contributed by atoms with van der Waals surface area (Å²) in [5.74, 6) is -0.0746. The fourth-order valence-corrected chi connectivity index (χ4v) is 2.54. The van der Waals surface area contributed by atoms with Crippen LogP contribution in [-0.4, -0.2) is 34.0 Å². The summed E-state index contributed by atoms with van der Waals surface area (Å²) >= 11 is 0. The highest BCUT2D eigenvalue weighted by Crippen LogP contribution is 2.16. The van der Waals surface area contributed by atoms with Crippen molar-refractivity contribution in [3.05, 3.63) is 71.9 Å². The van der Waals surface area contributed by atoms with Crippen molar-refractivity contribution in [3.63, 3.8) is 0 Å². The number of benzene rings is 2. The highest BCUT2D eigenvalue weighted by molar-refractivity contribution is 5.97. The van der Waals surface area contributed by atoms with Gasteiger partial charge in [0.15, 0.2) is 0 Å². The third kappa shape index (κ3) is 3.02. The van der Waals surface area contributed by atoms with Crippen LogP contribution in [0.1, 0.15) is 15.9 Å². The minimum Gasteiger partial charge on any atom is -0.395 e. The normalized spacial score (nSPS) is 10.8. The van der Waals surface area contributed by atoms with Gasteiger partial charge in [-0.1, -0.05) is 36.4 Å². The maximum Gasteiger partial charge on any atom is 0.254 e. The zero-order valence-electron chi connectivity index (χ0n) is 12.2. The first-order valence-corrected chi connectivity index (χ1v) is 7.29. The molecule has 1 amide bonds. The molecule has 3 aromatic rings. The number of rotatable bonds is 5. The Balaban J connectivity index is 1.85. The van der Waals surface area contributed by atoms with Crippen LogP contribution >= 0.6 is 0 Å². The van der Waals surface area contributed by atoms with E-state index in [1.54, 1.807) is 4.90 Å². The van der Waals surface area contributed by atoms with Crippen LogP contribution in [-0.2, 0) is 6.54 Å². The Labute approximate surface area is 129 Å². The predicted octanol–water partition coefficient (Wildman–Crippen LogP) is 2.80. The van der Waals surface area contributed by atoms with Gasteiger partial charge in [-0.25, -0.2) is 0 Å². The summed E-state index contributed by atoms with van der Waals surface area (Å²) in [6.07, 6.45) is 1.86. The minimum atomic E-state index is -0.0746. The van der Waals surface area contributed by atoms with Crippen molar-refractivity contribution in [3.8, 4) is 0 Å². The summed E-state index contributed by atoms with van der Waals surface area (Å²) in [5.41, 5.74) is 2.61. The quantitative estimate of drug-likeness (QED) is 0.760. The standard InChI is InChI=1S/C18H18N2O2/c21-11-10-20(13-14-4-2-1-3-5-14)18(22)16-7-6-15-8-9-19-17(15)12-16/h1-9,12,19,21H,10-11,13H2. The molecular formula is C18H18N2O2. The lowest BCUT2D eigenvalue weighted by atomic mass is 10.1. The van der Waals surface area contributed by atoms with E-state index in [-0.39, 0.29) is 12.5 Å². The van der Waals surface area contributed by atoms with Crippen LogP contribution in [0.4, 0.5) is 0 Å². The number of aromatic nitrogens is 1. The molecule has 1 heterocycles. The molecule has 22 heavy (non-hydrogen) atoms. The van der Waals surface area contributed by atoms with Crippen molar-refractivity contribution in [1.29, 1.82) is 0 Å². The molecule has 4 heteroatoms. The monoisotopic (exact) mass is 294 g/mol. The number of aliphatic hydroxyl groups excluding tert-OH is 1. The van der Waals surface area contributed by atoms with Gasteiger partial charge in [-0.3, -0.25) is 4.79 Å². The largest absolute Gasteiger partial charge is 0.395 e. The molecule has 4 nitrogen and oxygen atoms in total. The molecule has 2 aromatic carbocycles. The van der Waals surface area contributed by atoms with E-state index in [2.05, 4.69) is 4.98 Å². The van der Waals surface area contributed by atoms with Crippen LogP contribution in [0.15, 0.2) is 60.8 Å². The number of fused-ring (bicyclic) bond motifs is 1. The summed E-state index contributed by atoms with van der Waals surface area (Å²) in [6, 6.07) is 17.4. The van der Waals surface area contributed by atoms with E-state index in [0.717, 1.165) is 16.5 Å². The fraction of sp³-hybridized carbons (Fsp3) is 0.167. The Bertz CT molecular complexity index is 765. The molecule has 0 aliphatic heterocycles. The van der Waals surface area contributed by atoms with Crippen LogP contribution < -0.4 is 0 Å². The van der Waals surface area contributed by atoms with Gasteiger partial charge in [-0.05, 0) is 29.1 Å². The first-order chi connectivity index (χ1) is 10.8. The van der Waals surface area contributed by atoms with Crippen LogP contribution in [0.5, 0.6) is 0 Å². The van der Waals surface area contributed by atoms with Gasteiger partial charge in [0.05, 0.1) is 6.61 Å². The summed E-state index contributed by atoms with van der Waals surface area (Å²) in [5, 5.41) is 10.3. The lowest BCUT2D eigenvalue weighted by molar-refractivity contribution is 0.0708. The van der Waals surface area contributed by atoms with Crippen molar-refractivity contribution in [2.75, 3.05) is 13.2 Å². The maximum absolute atomic E-state index is 12.7. The molecule has 0 saturated carbocycles. The summed E-state index contributed by atoms with van der Waals surface area (Å²) in [4.78, 5) is 17.5. The first-order valence-electron chi connectivity index (χ1n) is 7.29. The zero-order valence-corrected chi connectivity index (χ0v) is 12.2. The molecule has 0 bridgehead atoms. The lowest BCUT2D eigenvalue weighted by Crippen LogP contribution is -2.33. The summed E-state index contributed by atoms with van der Waals surface area (Å²) in [7, 11) is 0. The van der Waals surface area contributed by atoms with Crippen molar-refractivity contribution < 1.29 is 9.90 Å². The molecule has 0 aliphatic carbocycles. The Morgan fingerprint density at radius 1 is 1.09 bits per heavy atom. The molecule has 0 atom stereocenters. The van der Waals surface area contributed by atoms with Gasteiger partial charge < -0.3 is 15.0 Å². The van der Waals surface area contributed by atoms with Gasteiger partial charge in [0.1, 0.15) is 0 Å². The van der Waals surface area contributed by atoms with Crippen LogP contribution in [0, 0.1) is 0 Å². The zero-order chi connectivity index (χ0) is 15.4. The lowest BCUT2D eigenvalue weighted by Gasteiger charge is -2.22. The second-order valence-corrected chi connectivity index (χ2v) is 5.22. The van der Waals surface area contributed by atoms with Crippen LogP contribution in [0.3, 0.4) is 0 Å². The molecule has 0 spiro atoms. The fourth-order valence-electron chi connectivity index (χ4n) is 2.54. The van der Waals surface area contributed by atoms with Crippen molar-refractivity contribution in [2.45, 2.75) is 6.54 Å². The molecular weight excluding hydrogens is 276 g/mol. The number of hydrogen-bond acceptors (Lipinski definition) is 2. The van der Waals surface area contributed by atoms with E-state index in [0.29, 0.717) is 18.7 Å². The number of amides is 1. The van der Waals surface area contributed by atoms with Crippen LogP contribution in [0.2, 0.25) is 0 Å². The van der Waals surface area contributed by atoms with Crippen molar-refractivity contribution in [1.82, 2.24) is 9.88 Å². The van der Waals surface area contributed by atoms with Gasteiger partial charge in [-0.15, -0.1) is 0 Å². The Kier molecular flexibility index (Phi) is 4.21. The molecule has 0 aliphatic rings. The van der Waals surface area contributed by atoms with E-state index in [1.165, 1.54) is 0 Å². The van der Waals surface area contributed by atoms with Gasteiger partial charge in [-0.2, -0.15) is 0 Å². The number of nitrogens with one attached hydrogen (secondary N) is 1. The highest BCUT2D eigenvalue weighted by atomic mass is 16.3. The summed E-state index contributed by atoms with van der Waals surface area (Å²) in [6.45, 7) is 0.753. The second kappa shape index (κ2) is 6.45.